The molecule has 0 aliphatic carbocycles. The third-order valence-electron chi connectivity index (χ3n) is 2.83. The molecule has 1 unspecified atom stereocenters. The monoisotopic (exact) mass is 290 g/mol. The van der Waals surface area contributed by atoms with Crippen molar-refractivity contribution in [2.75, 3.05) is 23.8 Å². The summed E-state index contributed by atoms with van der Waals surface area (Å²) in [5.41, 5.74) is 5.71. The maximum Gasteiger partial charge on any atom is 0.243 e. The molecule has 0 radical (unpaired) electrons. The number of hydrogen-bond donors (Lipinski definition) is 2. The van der Waals surface area contributed by atoms with Crippen LogP contribution in [0.2, 0.25) is 0 Å². The lowest BCUT2D eigenvalue weighted by Gasteiger charge is -2.11. The van der Waals surface area contributed by atoms with Gasteiger partial charge in [0.05, 0.1) is 0 Å². The van der Waals surface area contributed by atoms with Crippen LogP contribution in [0.4, 0.5) is 10.1 Å². The third kappa shape index (κ3) is 3.15. The van der Waals surface area contributed by atoms with Crippen LogP contribution < -0.4 is 10.5 Å². The van der Waals surface area contributed by atoms with E-state index < -0.39 is 15.8 Å². The molecule has 1 atom stereocenters. The van der Waals surface area contributed by atoms with Crippen LogP contribution >= 0.6 is 11.8 Å². The fraction of sp³-hybridized carbons (Fsp3) is 0.455. The number of thioether (sulfide) groups is 1. The lowest BCUT2D eigenvalue weighted by Crippen LogP contribution is -2.30. The average molecular weight is 290 g/mol. The molecule has 1 saturated heterocycles. The Morgan fingerprint density at radius 1 is 1.50 bits per heavy atom. The van der Waals surface area contributed by atoms with E-state index in [1.54, 1.807) is 11.8 Å². The van der Waals surface area contributed by atoms with Gasteiger partial charge in [0.15, 0.2) is 0 Å². The minimum Gasteiger partial charge on any atom is -0.399 e. The third-order valence-corrected chi connectivity index (χ3v) is 5.50. The minimum absolute atomic E-state index is 0.230. The normalized spacial score (nSPS) is 20.2. The second kappa shape index (κ2) is 5.46. The fourth-order valence-corrected chi connectivity index (χ4v) is 4.29. The molecule has 18 heavy (non-hydrogen) atoms. The van der Waals surface area contributed by atoms with Gasteiger partial charge >= 0.3 is 0 Å². The number of hydrogen-bond acceptors (Lipinski definition) is 4. The van der Waals surface area contributed by atoms with Gasteiger partial charge in [-0.25, -0.2) is 17.5 Å². The van der Waals surface area contributed by atoms with Crippen molar-refractivity contribution in [1.29, 1.82) is 0 Å². The minimum atomic E-state index is -3.82. The first-order valence-corrected chi connectivity index (χ1v) is 8.25. The van der Waals surface area contributed by atoms with E-state index in [-0.39, 0.29) is 10.6 Å². The summed E-state index contributed by atoms with van der Waals surface area (Å²) in [5, 5.41) is 0. The molecule has 1 aliphatic rings. The van der Waals surface area contributed by atoms with Gasteiger partial charge in [-0.1, -0.05) is 0 Å². The second-order valence-corrected chi connectivity index (χ2v) is 7.16. The lowest BCUT2D eigenvalue weighted by atomic mass is 10.1. The van der Waals surface area contributed by atoms with E-state index in [1.165, 1.54) is 6.07 Å². The summed E-state index contributed by atoms with van der Waals surface area (Å²) in [6, 6.07) is 3.54. The van der Waals surface area contributed by atoms with Crippen LogP contribution in [-0.4, -0.2) is 26.5 Å². The Labute approximate surface area is 110 Å². The number of rotatable bonds is 4. The Kier molecular flexibility index (Phi) is 4.14. The Hall–Kier alpha value is -0.790. The van der Waals surface area contributed by atoms with Gasteiger partial charge < -0.3 is 5.73 Å². The predicted octanol–water partition coefficient (Wildman–Crippen LogP) is 1.44. The lowest BCUT2D eigenvalue weighted by molar-refractivity contribution is 0.534. The van der Waals surface area contributed by atoms with Crippen LogP contribution in [0.1, 0.15) is 6.42 Å². The van der Waals surface area contributed by atoms with Crippen LogP contribution in [0.15, 0.2) is 23.1 Å². The standard InChI is InChI=1S/C11H15FN2O2S2/c12-10-2-1-9(13)5-11(10)18(15,16)14-6-8-3-4-17-7-8/h1-2,5,8,14H,3-4,6-7,13H2. The Balaban J connectivity index is 2.12. The van der Waals surface area contributed by atoms with Crippen molar-refractivity contribution in [1.82, 2.24) is 4.72 Å². The maximum absolute atomic E-state index is 13.5. The zero-order valence-electron chi connectivity index (χ0n) is 9.73. The van der Waals surface area contributed by atoms with Gasteiger partial charge in [-0.05, 0) is 42.0 Å². The molecule has 4 nitrogen and oxygen atoms in total. The molecule has 1 aromatic rings. The number of nitrogens with two attached hydrogens (primary N) is 1. The highest BCUT2D eigenvalue weighted by Crippen LogP contribution is 2.23. The van der Waals surface area contributed by atoms with Gasteiger partial charge in [-0.15, -0.1) is 0 Å². The van der Waals surface area contributed by atoms with Crippen LogP contribution in [0, 0.1) is 11.7 Å². The molecule has 3 N–H and O–H groups in total. The molecule has 0 amide bonds. The highest BCUT2D eigenvalue weighted by molar-refractivity contribution is 7.99. The molecule has 0 bridgehead atoms. The highest BCUT2D eigenvalue weighted by atomic mass is 32.2. The number of benzene rings is 1. The molecule has 100 valence electrons. The summed E-state index contributed by atoms with van der Waals surface area (Å²) in [7, 11) is -3.82. The molecule has 1 fully saturated rings. The summed E-state index contributed by atoms with van der Waals surface area (Å²) >= 11 is 1.81. The number of anilines is 1. The Morgan fingerprint density at radius 2 is 2.28 bits per heavy atom. The van der Waals surface area contributed by atoms with Gasteiger partial charge in [0.1, 0.15) is 10.7 Å². The first-order valence-electron chi connectivity index (χ1n) is 5.61. The quantitative estimate of drug-likeness (QED) is 0.823. The topological polar surface area (TPSA) is 72.2 Å². The molecule has 0 spiro atoms. The van der Waals surface area contributed by atoms with Crippen LogP contribution in [-0.2, 0) is 10.0 Å². The van der Waals surface area contributed by atoms with Gasteiger partial charge in [0.25, 0.3) is 0 Å². The van der Waals surface area contributed by atoms with Gasteiger partial charge in [-0.3, -0.25) is 0 Å². The molecule has 1 aliphatic heterocycles. The van der Waals surface area contributed by atoms with Crippen molar-refractivity contribution in [3.8, 4) is 0 Å². The molecule has 1 aromatic carbocycles. The van der Waals surface area contributed by atoms with Crippen molar-refractivity contribution in [2.24, 2.45) is 5.92 Å². The van der Waals surface area contributed by atoms with Crippen LogP contribution in [0.25, 0.3) is 0 Å². The number of nitrogens with one attached hydrogen (secondary N) is 1. The van der Waals surface area contributed by atoms with Crippen molar-refractivity contribution < 1.29 is 12.8 Å². The molecule has 2 rings (SSSR count). The smallest absolute Gasteiger partial charge is 0.243 e. The van der Waals surface area contributed by atoms with E-state index in [0.29, 0.717) is 12.5 Å². The van der Waals surface area contributed by atoms with Crippen LogP contribution in [0.3, 0.4) is 0 Å². The zero-order valence-corrected chi connectivity index (χ0v) is 11.4. The van der Waals surface area contributed by atoms with E-state index >= 15 is 0 Å². The van der Waals surface area contributed by atoms with Gasteiger partial charge in [0, 0.05) is 12.2 Å². The average Bonchev–Trinajstić information content (AvgIpc) is 2.83. The number of halogens is 1. The summed E-state index contributed by atoms with van der Waals surface area (Å²) < 4.78 is 39.8. The van der Waals surface area contributed by atoms with Crippen molar-refractivity contribution >= 4 is 27.5 Å². The van der Waals surface area contributed by atoms with Gasteiger partial charge in [0.2, 0.25) is 10.0 Å². The molecular weight excluding hydrogens is 275 g/mol. The summed E-state index contributed by atoms with van der Waals surface area (Å²) in [4.78, 5) is -0.381. The largest absolute Gasteiger partial charge is 0.399 e. The van der Waals surface area contributed by atoms with E-state index in [1.807, 2.05) is 0 Å². The summed E-state index contributed by atoms with van der Waals surface area (Å²) in [6.45, 7) is 0.351. The first kappa shape index (κ1) is 13.6. The van der Waals surface area contributed by atoms with E-state index in [4.69, 9.17) is 5.73 Å². The molecule has 1 heterocycles. The molecule has 0 saturated carbocycles. The highest BCUT2D eigenvalue weighted by Gasteiger charge is 2.22. The predicted molar refractivity (Wildman–Crippen MR) is 71.4 cm³/mol. The summed E-state index contributed by atoms with van der Waals surface area (Å²) in [6.07, 6.45) is 0.993. The van der Waals surface area contributed by atoms with Crippen LogP contribution in [0.5, 0.6) is 0 Å². The molecule has 0 aromatic heterocycles. The molecular formula is C11H15FN2O2S2. The van der Waals surface area contributed by atoms with Crippen molar-refractivity contribution in [3.05, 3.63) is 24.0 Å². The Morgan fingerprint density at radius 3 is 2.94 bits per heavy atom. The number of nitrogen functional groups attached to an aromatic ring is 1. The van der Waals surface area contributed by atoms with Crippen molar-refractivity contribution in [2.45, 2.75) is 11.3 Å². The SMILES string of the molecule is Nc1ccc(F)c(S(=O)(=O)NCC2CCSC2)c1. The number of sulfonamides is 1. The second-order valence-electron chi connectivity index (χ2n) is 4.27. The van der Waals surface area contributed by atoms with E-state index in [2.05, 4.69) is 4.72 Å². The summed E-state index contributed by atoms with van der Waals surface area (Å²) in [5.74, 6) is 1.55. The van der Waals surface area contributed by atoms with E-state index in [0.717, 1.165) is 30.1 Å². The zero-order chi connectivity index (χ0) is 13.2. The Bertz CT molecular complexity index is 528. The maximum atomic E-state index is 13.5. The van der Waals surface area contributed by atoms with Gasteiger partial charge in [-0.2, -0.15) is 11.8 Å². The first-order chi connectivity index (χ1) is 8.49. The van der Waals surface area contributed by atoms with E-state index in [9.17, 15) is 12.8 Å². The van der Waals surface area contributed by atoms with Crippen molar-refractivity contribution in [3.63, 3.8) is 0 Å². The molecule has 7 heteroatoms. The fourth-order valence-electron chi connectivity index (χ4n) is 1.78.